The van der Waals surface area contributed by atoms with Crippen molar-refractivity contribution in [1.82, 2.24) is 5.43 Å². The number of para-hydroxylation sites is 1. The number of carbonyl (C=O) groups is 1. The number of ether oxygens (including phenoxy) is 1. The van der Waals surface area contributed by atoms with Crippen LogP contribution in [0.2, 0.25) is 0 Å². The van der Waals surface area contributed by atoms with Crippen molar-refractivity contribution in [2.45, 2.75) is 6.92 Å². The van der Waals surface area contributed by atoms with Gasteiger partial charge in [0.25, 0.3) is 5.91 Å². The van der Waals surface area contributed by atoms with Gasteiger partial charge in [-0.3, -0.25) is 4.79 Å². The lowest BCUT2D eigenvalue weighted by Crippen LogP contribution is -2.29. The molecule has 0 saturated carbocycles. The minimum atomic E-state index is -0.656. The molecule has 138 valence electrons. The summed E-state index contributed by atoms with van der Waals surface area (Å²) in [5.74, 6) is -0.00206. The van der Waals surface area contributed by atoms with Crippen LogP contribution in [-0.2, 0) is 0 Å². The van der Waals surface area contributed by atoms with E-state index in [9.17, 15) is 4.79 Å². The molecule has 0 fully saturated rings. The highest BCUT2D eigenvalue weighted by Crippen LogP contribution is 2.20. The van der Waals surface area contributed by atoms with Crippen molar-refractivity contribution in [3.05, 3.63) is 65.7 Å². The molecule has 1 heterocycles. The number of anilines is 1. The van der Waals surface area contributed by atoms with E-state index in [-0.39, 0.29) is 16.2 Å². The van der Waals surface area contributed by atoms with Gasteiger partial charge >= 0.3 is 0 Å². The first-order valence-electron chi connectivity index (χ1n) is 8.23. The molecule has 0 bridgehead atoms. The first-order chi connectivity index (χ1) is 13.1. The molecule has 2 aromatic carbocycles. The van der Waals surface area contributed by atoms with Gasteiger partial charge in [-0.05, 0) is 49.5 Å². The number of nitrogens with zero attached hydrogens (tertiary/aromatic N) is 1. The van der Waals surface area contributed by atoms with Crippen molar-refractivity contribution in [2.24, 2.45) is 10.8 Å². The highest BCUT2D eigenvalue weighted by atomic mass is 32.1. The van der Waals surface area contributed by atoms with Crippen LogP contribution in [0.3, 0.4) is 0 Å². The van der Waals surface area contributed by atoms with E-state index in [1.54, 1.807) is 24.3 Å². The molecule has 3 rings (SSSR count). The topological polar surface area (TPSA) is 102 Å². The average Bonchev–Trinajstić information content (AvgIpc) is 2.66. The van der Waals surface area contributed by atoms with Gasteiger partial charge in [-0.25, -0.2) is 5.43 Å². The first-order valence-corrected chi connectivity index (χ1v) is 8.64. The molecular formula is C19H18N4O3S. The van der Waals surface area contributed by atoms with Gasteiger partial charge < -0.3 is 20.2 Å². The zero-order chi connectivity index (χ0) is 19.2. The number of benzene rings is 2. The van der Waals surface area contributed by atoms with Crippen LogP contribution in [0.25, 0.3) is 11.0 Å². The molecule has 0 atom stereocenters. The molecule has 8 heteroatoms. The normalized spacial score (nSPS) is 11.2. The highest BCUT2D eigenvalue weighted by molar-refractivity contribution is 7.80. The number of hydrogen-bond donors (Lipinski definition) is 3. The Bertz CT molecular complexity index is 1050. The maximum atomic E-state index is 11.8. The third kappa shape index (κ3) is 4.62. The lowest BCUT2D eigenvalue weighted by atomic mass is 10.1. The van der Waals surface area contributed by atoms with Gasteiger partial charge in [0.05, 0.1) is 6.61 Å². The Kier molecular flexibility index (Phi) is 5.68. The smallest absolute Gasteiger partial charge is 0.254 e. The number of nitrogens with one attached hydrogen (secondary N) is 2. The molecule has 4 N–H and O–H groups in total. The number of hydrogen-bond acceptors (Lipinski definition) is 5. The fourth-order valence-corrected chi connectivity index (χ4v) is 2.56. The van der Waals surface area contributed by atoms with Crippen LogP contribution in [-0.4, -0.2) is 17.6 Å². The summed E-state index contributed by atoms with van der Waals surface area (Å²) in [6.45, 7) is 2.42. The molecule has 1 aromatic heterocycles. The molecule has 3 aromatic rings. The minimum Gasteiger partial charge on any atom is -0.494 e. The Morgan fingerprint density at radius 1 is 1.22 bits per heavy atom. The fraction of sp³-hybridized carbons (Fsp3) is 0.105. The van der Waals surface area contributed by atoms with E-state index in [0.717, 1.165) is 5.69 Å². The Labute approximate surface area is 160 Å². The predicted octanol–water partition coefficient (Wildman–Crippen LogP) is 2.73. The van der Waals surface area contributed by atoms with Gasteiger partial charge in [0.15, 0.2) is 5.11 Å². The zero-order valence-electron chi connectivity index (χ0n) is 14.6. The quantitative estimate of drug-likeness (QED) is 0.463. The summed E-state index contributed by atoms with van der Waals surface area (Å²) in [7, 11) is 0. The van der Waals surface area contributed by atoms with Gasteiger partial charge in [0.2, 0.25) is 5.55 Å². The molecule has 0 radical (unpaired) electrons. The van der Waals surface area contributed by atoms with E-state index in [2.05, 4.69) is 15.8 Å². The number of amides is 1. The second-order valence-corrected chi connectivity index (χ2v) is 5.91. The van der Waals surface area contributed by atoms with Crippen molar-refractivity contribution < 1.29 is 13.9 Å². The van der Waals surface area contributed by atoms with Crippen molar-refractivity contribution in [3.63, 3.8) is 0 Å². The molecule has 1 amide bonds. The van der Waals surface area contributed by atoms with Crippen LogP contribution < -0.4 is 26.8 Å². The fourth-order valence-electron chi connectivity index (χ4n) is 2.40. The maximum absolute atomic E-state index is 11.8. The molecule has 0 saturated heterocycles. The Balaban J connectivity index is 1.92. The van der Waals surface area contributed by atoms with Gasteiger partial charge in [-0.1, -0.05) is 18.2 Å². The first kappa shape index (κ1) is 18.4. The van der Waals surface area contributed by atoms with E-state index >= 15 is 0 Å². The van der Waals surface area contributed by atoms with Crippen LogP contribution >= 0.6 is 12.2 Å². The molecule has 0 unspecified atom stereocenters. The summed E-state index contributed by atoms with van der Waals surface area (Å²) in [6, 6.07) is 16.3. The van der Waals surface area contributed by atoms with E-state index in [1.165, 1.54) is 0 Å². The van der Waals surface area contributed by atoms with Crippen LogP contribution in [0.1, 0.15) is 17.3 Å². The van der Waals surface area contributed by atoms with Gasteiger partial charge in [0.1, 0.15) is 16.9 Å². The van der Waals surface area contributed by atoms with E-state index < -0.39 is 5.91 Å². The van der Waals surface area contributed by atoms with E-state index in [1.807, 2.05) is 37.3 Å². The Morgan fingerprint density at radius 3 is 2.70 bits per heavy atom. The van der Waals surface area contributed by atoms with Crippen molar-refractivity contribution in [2.75, 3.05) is 11.9 Å². The SMILES string of the molecule is CCOc1ccc2cc(C(N)=O)c(=NNC(=S)Nc3ccccc3)oc2c1. The number of primary amides is 1. The molecule has 0 spiro atoms. The Hall–Kier alpha value is -3.39. The van der Waals surface area contributed by atoms with E-state index in [4.69, 9.17) is 27.1 Å². The largest absolute Gasteiger partial charge is 0.494 e. The molecular weight excluding hydrogens is 364 g/mol. The van der Waals surface area contributed by atoms with Crippen LogP contribution in [0.15, 0.2) is 64.1 Å². The average molecular weight is 382 g/mol. The summed E-state index contributed by atoms with van der Waals surface area (Å²) in [5.41, 5.74) is 9.59. The number of nitrogens with two attached hydrogens (primary N) is 1. The van der Waals surface area contributed by atoms with Gasteiger partial charge in [0, 0.05) is 17.1 Å². The van der Waals surface area contributed by atoms with Gasteiger partial charge in [-0.15, -0.1) is 5.10 Å². The molecule has 27 heavy (non-hydrogen) atoms. The second kappa shape index (κ2) is 8.33. The van der Waals surface area contributed by atoms with Crippen LogP contribution in [0.4, 0.5) is 5.69 Å². The predicted molar refractivity (Wildman–Crippen MR) is 107 cm³/mol. The molecule has 0 aliphatic rings. The monoisotopic (exact) mass is 382 g/mol. The number of fused-ring (bicyclic) bond motifs is 1. The van der Waals surface area contributed by atoms with Gasteiger partial charge in [-0.2, -0.15) is 0 Å². The molecule has 0 aliphatic carbocycles. The van der Waals surface area contributed by atoms with E-state index in [0.29, 0.717) is 23.3 Å². The number of thiocarbonyl (C=S) groups is 1. The summed E-state index contributed by atoms with van der Waals surface area (Å²) in [5, 5.41) is 8.01. The third-order valence-electron chi connectivity index (χ3n) is 3.59. The maximum Gasteiger partial charge on any atom is 0.254 e. The van der Waals surface area contributed by atoms with Crippen LogP contribution in [0, 0.1) is 0 Å². The van der Waals surface area contributed by atoms with Crippen molar-refractivity contribution in [3.8, 4) is 5.75 Å². The number of rotatable bonds is 5. The summed E-state index contributed by atoms with van der Waals surface area (Å²) >= 11 is 5.20. The van der Waals surface area contributed by atoms with Crippen molar-refractivity contribution in [1.29, 1.82) is 0 Å². The lowest BCUT2D eigenvalue weighted by molar-refractivity contribution is 0.0996. The molecule has 0 aliphatic heterocycles. The Morgan fingerprint density at radius 2 is 2.00 bits per heavy atom. The lowest BCUT2D eigenvalue weighted by Gasteiger charge is -2.07. The summed E-state index contributed by atoms with van der Waals surface area (Å²) < 4.78 is 11.2. The third-order valence-corrected chi connectivity index (χ3v) is 3.78. The van der Waals surface area contributed by atoms with Crippen molar-refractivity contribution >= 4 is 39.9 Å². The minimum absolute atomic E-state index is 0.0286. The second-order valence-electron chi connectivity index (χ2n) is 5.51. The zero-order valence-corrected chi connectivity index (χ0v) is 15.4. The summed E-state index contributed by atoms with van der Waals surface area (Å²) in [4.78, 5) is 11.8. The highest BCUT2D eigenvalue weighted by Gasteiger charge is 2.10. The summed E-state index contributed by atoms with van der Waals surface area (Å²) in [6.07, 6.45) is 0. The standard InChI is InChI=1S/C19H18N4O3S/c1-2-25-14-9-8-12-10-15(17(20)24)18(26-16(12)11-14)22-23-19(27)21-13-6-4-3-5-7-13/h3-11H,2H2,1H3,(H2,20,24)(H2,21,23,27). The number of carbonyl (C=O) groups excluding carboxylic acids is 1. The van der Waals surface area contributed by atoms with Crippen LogP contribution in [0.5, 0.6) is 5.75 Å². The molecule has 7 nitrogen and oxygen atoms in total.